The van der Waals surface area contributed by atoms with Crippen LogP contribution in [0.3, 0.4) is 0 Å². The molecule has 8 heteroatoms. The van der Waals surface area contributed by atoms with Crippen molar-refractivity contribution in [2.45, 2.75) is 32.5 Å². The van der Waals surface area contributed by atoms with E-state index in [2.05, 4.69) is 26.9 Å². The number of aliphatic hydroxyl groups excluding tert-OH is 1. The monoisotopic (exact) mass is 478 g/mol. The molecule has 0 unspecified atom stereocenters. The highest BCUT2D eigenvalue weighted by molar-refractivity contribution is 7.18. The second-order valence-electron chi connectivity index (χ2n) is 8.95. The van der Waals surface area contributed by atoms with Crippen LogP contribution in [0.25, 0.3) is 21.5 Å². The number of β-amino-alcohol motifs (C(OH)–C–C–N with tert-alkyl or cyclic N) is 1. The number of thiazole rings is 1. The van der Waals surface area contributed by atoms with Gasteiger partial charge in [0, 0.05) is 56.5 Å². The molecule has 2 aromatic heterocycles. The third-order valence-electron chi connectivity index (χ3n) is 6.21. The van der Waals surface area contributed by atoms with E-state index in [-0.39, 0.29) is 6.61 Å². The average Bonchev–Trinajstić information content (AvgIpc) is 3.45. The maximum absolute atomic E-state index is 10.6. The molecule has 1 aliphatic heterocycles. The number of aromatic nitrogens is 2. The van der Waals surface area contributed by atoms with Crippen molar-refractivity contribution in [1.82, 2.24) is 19.9 Å². The SMILES string of the molecule is Cc1nc2cc(OC[C@H](O)CN3CCN(Cc4cc(-c5ccccc5)on4)C[C@@H]3C)ccc2s1. The van der Waals surface area contributed by atoms with Crippen LogP contribution in [0, 0.1) is 6.92 Å². The molecule has 1 aliphatic rings. The lowest BCUT2D eigenvalue weighted by atomic mass is 10.1. The molecule has 1 fully saturated rings. The number of ether oxygens (including phenoxy) is 1. The van der Waals surface area contributed by atoms with Crippen LogP contribution in [0.4, 0.5) is 0 Å². The van der Waals surface area contributed by atoms with Crippen molar-refractivity contribution in [1.29, 1.82) is 0 Å². The van der Waals surface area contributed by atoms with Gasteiger partial charge in [0.25, 0.3) is 0 Å². The fourth-order valence-electron chi connectivity index (χ4n) is 4.47. The molecule has 2 atom stereocenters. The zero-order chi connectivity index (χ0) is 23.5. The van der Waals surface area contributed by atoms with Crippen LogP contribution < -0.4 is 4.74 Å². The maximum Gasteiger partial charge on any atom is 0.167 e. The normalized spacial score (nSPS) is 18.4. The van der Waals surface area contributed by atoms with Gasteiger partial charge in [-0.3, -0.25) is 9.80 Å². The van der Waals surface area contributed by atoms with E-state index in [1.54, 1.807) is 11.3 Å². The highest BCUT2D eigenvalue weighted by Crippen LogP contribution is 2.26. The summed E-state index contributed by atoms with van der Waals surface area (Å²) in [6.07, 6.45) is -0.550. The number of hydrogen-bond donors (Lipinski definition) is 1. The number of fused-ring (bicyclic) bond motifs is 1. The molecule has 0 saturated carbocycles. The minimum Gasteiger partial charge on any atom is -0.491 e. The topological polar surface area (TPSA) is 74.9 Å². The molecular formula is C26H30N4O3S. The van der Waals surface area contributed by atoms with Crippen LogP contribution in [-0.2, 0) is 6.54 Å². The van der Waals surface area contributed by atoms with Gasteiger partial charge in [0.15, 0.2) is 5.76 Å². The van der Waals surface area contributed by atoms with Crippen LogP contribution in [-0.4, -0.2) is 70.0 Å². The minimum atomic E-state index is -0.550. The molecule has 0 aliphatic carbocycles. The summed E-state index contributed by atoms with van der Waals surface area (Å²) < 4.78 is 12.6. The summed E-state index contributed by atoms with van der Waals surface area (Å²) >= 11 is 1.67. The third kappa shape index (κ3) is 5.47. The van der Waals surface area contributed by atoms with Gasteiger partial charge in [0.2, 0.25) is 0 Å². The van der Waals surface area contributed by atoms with Gasteiger partial charge in [-0.15, -0.1) is 11.3 Å². The van der Waals surface area contributed by atoms with Crippen molar-refractivity contribution in [3.63, 3.8) is 0 Å². The molecule has 5 rings (SSSR count). The van der Waals surface area contributed by atoms with Crippen LogP contribution in [0.5, 0.6) is 5.75 Å². The first-order valence-electron chi connectivity index (χ1n) is 11.7. The quantitative estimate of drug-likeness (QED) is 0.407. The Morgan fingerprint density at radius 3 is 2.85 bits per heavy atom. The van der Waals surface area contributed by atoms with Gasteiger partial charge >= 0.3 is 0 Å². The standard InChI is InChI=1S/C26H30N4O3S/c1-18-14-29(15-21-12-25(33-28-21)20-6-4-3-5-7-20)10-11-30(18)16-22(31)17-32-23-8-9-26-24(13-23)27-19(2)34-26/h3-9,12-13,18,22,31H,10-11,14-17H2,1-2H3/t18-,22+/m0/s1. The van der Waals surface area contributed by atoms with E-state index in [4.69, 9.17) is 9.26 Å². The molecular weight excluding hydrogens is 448 g/mol. The molecule has 34 heavy (non-hydrogen) atoms. The van der Waals surface area contributed by atoms with Crippen LogP contribution in [0.2, 0.25) is 0 Å². The van der Waals surface area contributed by atoms with E-state index < -0.39 is 6.10 Å². The smallest absolute Gasteiger partial charge is 0.167 e. The number of rotatable bonds is 8. The molecule has 178 valence electrons. The van der Waals surface area contributed by atoms with Gasteiger partial charge in [-0.2, -0.15) is 0 Å². The van der Waals surface area contributed by atoms with E-state index in [0.29, 0.717) is 12.6 Å². The maximum atomic E-state index is 10.6. The van der Waals surface area contributed by atoms with Crippen molar-refractivity contribution >= 4 is 21.6 Å². The highest BCUT2D eigenvalue weighted by atomic mass is 32.1. The molecule has 0 radical (unpaired) electrons. The Morgan fingerprint density at radius 2 is 2.03 bits per heavy atom. The lowest BCUT2D eigenvalue weighted by molar-refractivity contribution is 0.0192. The molecule has 2 aromatic carbocycles. The average molecular weight is 479 g/mol. The van der Waals surface area contributed by atoms with Crippen LogP contribution >= 0.6 is 11.3 Å². The van der Waals surface area contributed by atoms with Crippen molar-refractivity contribution in [2.75, 3.05) is 32.8 Å². The van der Waals surface area contributed by atoms with Crippen LogP contribution in [0.15, 0.2) is 59.1 Å². The fraction of sp³-hybridized carbons (Fsp3) is 0.385. The molecule has 4 aromatic rings. The van der Waals surface area contributed by atoms with E-state index in [0.717, 1.165) is 64.2 Å². The van der Waals surface area contributed by atoms with E-state index in [1.165, 1.54) is 0 Å². The Labute approximate surface area is 203 Å². The summed E-state index contributed by atoms with van der Waals surface area (Å²) in [6, 6.07) is 18.3. The number of piperazine rings is 1. The Balaban J connectivity index is 1.09. The third-order valence-corrected chi connectivity index (χ3v) is 7.16. The van der Waals surface area contributed by atoms with Crippen molar-refractivity contribution in [2.24, 2.45) is 0 Å². The number of nitrogens with zero attached hydrogens (tertiary/aromatic N) is 4. The summed E-state index contributed by atoms with van der Waals surface area (Å²) in [5.41, 5.74) is 2.93. The number of hydrogen-bond acceptors (Lipinski definition) is 8. The summed E-state index contributed by atoms with van der Waals surface area (Å²) in [5, 5.41) is 15.9. The lowest BCUT2D eigenvalue weighted by Gasteiger charge is -2.40. The van der Waals surface area contributed by atoms with Gasteiger partial charge in [-0.25, -0.2) is 4.98 Å². The highest BCUT2D eigenvalue weighted by Gasteiger charge is 2.26. The Kier molecular flexibility index (Phi) is 6.92. The molecule has 0 spiro atoms. The summed E-state index contributed by atoms with van der Waals surface area (Å²) in [4.78, 5) is 9.23. The zero-order valence-electron chi connectivity index (χ0n) is 19.6. The van der Waals surface area contributed by atoms with Gasteiger partial charge in [0.1, 0.15) is 18.5 Å². The number of aryl methyl sites for hydroxylation is 1. The molecule has 7 nitrogen and oxygen atoms in total. The molecule has 1 N–H and O–H groups in total. The summed E-state index contributed by atoms with van der Waals surface area (Å²) in [5.74, 6) is 1.55. The second-order valence-corrected chi connectivity index (χ2v) is 10.2. The Morgan fingerprint density at radius 1 is 1.18 bits per heavy atom. The van der Waals surface area contributed by atoms with Gasteiger partial charge in [-0.05, 0) is 26.0 Å². The number of benzene rings is 2. The van der Waals surface area contributed by atoms with Gasteiger partial charge in [0.05, 0.1) is 20.9 Å². The van der Waals surface area contributed by atoms with Crippen molar-refractivity contribution < 1.29 is 14.4 Å². The predicted molar refractivity (Wildman–Crippen MR) is 134 cm³/mol. The Bertz CT molecular complexity index is 1230. The van der Waals surface area contributed by atoms with E-state index in [1.807, 2.05) is 61.5 Å². The summed E-state index contributed by atoms with van der Waals surface area (Å²) in [6.45, 7) is 8.56. The Hall–Kier alpha value is -2.78. The first kappa shape index (κ1) is 23.0. The summed E-state index contributed by atoms with van der Waals surface area (Å²) in [7, 11) is 0. The van der Waals surface area contributed by atoms with Crippen molar-refractivity contribution in [3.8, 4) is 17.1 Å². The lowest BCUT2D eigenvalue weighted by Crippen LogP contribution is -2.53. The van der Waals surface area contributed by atoms with Crippen molar-refractivity contribution in [3.05, 3.63) is 65.3 Å². The van der Waals surface area contributed by atoms with Crippen LogP contribution in [0.1, 0.15) is 17.6 Å². The second kappa shape index (κ2) is 10.2. The van der Waals surface area contributed by atoms with Gasteiger partial charge < -0.3 is 14.4 Å². The minimum absolute atomic E-state index is 0.267. The number of aliphatic hydroxyl groups is 1. The first-order chi connectivity index (χ1) is 16.5. The molecule has 3 heterocycles. The molecule has 0 amide bonds. The van der Waals surface area contributed by atoms with E-state index in [9.17, 15) is 5.11 Å². The van der Waals surface area contributed by atoms with Gasteiger partial charge in [-0.1, -0.05) is 35.5 Å². The molecule has 0 bridgehead atoms. The largest absolute Gasteiger partial charge is 0.491 e. The predicted octanol–water partition coefficient (Wildman–Crippen LogP) is 4.21. The fourth-order valence-corrected chi connectivity index (χ4v) is 5.27. The molecule has 1 saturated heterocycles. The van der Waals surface area contributed by atoms with E-state index >= 15 is 0 Å². The zero-order valence-corrected chi connectivity index (χ0v) is 20.4. The first-order valence-corrected chi connectivity index (χ1v) is 12.5.